The summed E-state index contributed by atoms with van der Waals surface area (Å²) in [5.41, 5.74) is 2.39. The lowest BCUT2D eigenvalue weighted by Crippen LogP contribution is -2.52. The first-order valence-electron chi connectivity index (χ1n) is 10.1. The minimum atomic E-state index is -0.855. The smallest absolute Gasteiger partial charge is 0.194 e. The molecule has 0 saturated carbocycles. The van der Waals surface area contributed by atoms with Crippen LogP contribution in [-0.2, 0) is 18.6 Å². The lowest BCUT2D eigenvalue weighted by Gasteiger charge is -2.36. The van der Waals surface area contributed by atoms with Crippen LogP contribution in [0.2, 0.25) is 0 Å². The second-order valence-electron chi connectivity index (χ2n) is 7.61. The average Bonchev–Trinajstić information content (AvgIpc) is 3.35. The fourth-order valence-electron chi connectivity index (χ4n) is 4.13. The van der Waals surface area contributed by atoms with Gasteiger partial charge in [-0.15, -0.1) is 24.0 Å². The van der Waals surface area contributed by atoms with Gasteiger partial charge in [-0.2, -0.15) is 0 Å². The van der Waals surface area contributed by atoms with E-state index in [0.29, 0.717) is 6.54 Å². The number of hydrogen-bond acceptors (Lipinski definition) is 5. The summed E-state index contributed by atoms with van der Waals surface area (Å²) in [5, 5.41) is 18.6. The lowest BCUT2D eigenvalue weighted by atomic mass is 9.96. The summed E-state index contributed by atoms with van der Waals surface area (Å²) < 4.78 is 4.92. The van der Waals surface area contributed by atoms with E-state index in [-0.39, 0.29) is 24.0 Å². The zero-order valence-corrected chi connectivity index (χ0v) is 19.2. The molecule has 1 unspecified atom stereocenters. The molecule has 1 atom stereocenters. The van der Waals surface area contributed by atoms with Gasteiger partial charge in [0.25, 0.3) is 0 Å². The second kappa shape index (κ2) is 9.90. The Kier molecular flexibility index (Phi) is 7.53. The van der Waals surface area contributed by atoms with E-state index < -0.39 is 5.60 Å². The van der Waals surface area contributed by atoms with Crippen LogP contribution >= 0.6 is 24.0 Å². The van der Waals surface area contributed by atoms with Gasteiger partial charge in [-0.1, -0.05) is 29.4 Å². The molecule has 29 heavy (non-hydrogen) atoms. The van der Waals surface area contributed by atoms with Crippen molar-refractivity contribution in [3.05, 3.63) is 53.4 Å². The van der Waals surface area contributed by atoms with E-state index in [0.717, 1.165) is 69.3 Å². The molecule has 0 radical (unpaired) electrons. The molecule has 2 aromatic rings. The minimum absolute atomic E-state index is 0. The molecule has 7 nitrogen and oxygen atoms in total. The number of nitrogens with one attached hydrogen (secondary N) is 1. The second-order valence-corrected chi connectivity index (χ2v) is 7.61. The maximum Gasteiger partial charge on any atom is 0.194 e. The first-order valence-corrected chi connectivity index (χ1v) is 10.1. The summed E-state index contributed by atoms with van der Waals surface area (Å²) in [7, 11) is 0. The van der Waals surface area contributed by atoms with E-state index >= 15 is 0 Å². The van der Waals surface area contributed by atoms with Crippen LogP contribution in [0.4, 0.5) is 0 Å². The number of rotatable bonds is 5. The van der Waals surface area contributed by atoms with Crippen molar-refractivity contribution in [2.45, 2.75) is 31.9 Å². The molecule has 1 aliphatic carbocycles. The number of guanidine groups is 1. The first-order chi connectivity index (χ1) is 13.7. The van der Waals surface area contributed by atoms with Crippen molar-refractivity contribution in [3.8, 4) is 0 Å². The number of aliphatic imine (C=N–C) groups is 1. The fourth-order valence-corrected chi connectivity index (χ4v) is 4.13. The maximum absolute atomic E-state index is 11.2. The highest BCUT2D eigenvalue weighted by Gasteiger charge is 2.36. The monoisotopic (exact) mass is 511 g/mol. The minimum Gasteiger partial charge on any atom is -0.383 e. The summed E-state index contributed by atoms with van der Waals surface area (Å²) in [4.78, 5) is 9.48. The third-order valence-corrected chi connectivity index (χ3v) is 5.70. The topological polar surface area (TPSA) is 77.1 Å². The number of piperazine rings is 1. The van der Waals surface area contributed by atoms with Crippen LogP contribution in [0.15, 0.2) is 46.1 Å². The molecular formula is C21H30IN5O2. The molecule has 8 heteroatoms. The number of fused-ring (bicyclic) bond motifs is 1. The van der Waals surface area contributed by atoms with Gasteiger partial charge in [0.1, 0.15) is 11.9 Å². The molecule has 2 aliphatic rings. The van der Waals surface area contributed by atoms with Gasteiger partial charge in [0.2, 0.25) is 0 Å². The van der Waals surface area contributed by atoms with Crippen molar-refractivity contribution in [2.75, 3.05) is 39.3 Å². The zero-order valence-electron chi connectivity index (χ0n) is 16.9. The van der Waals surface area contributed by atoms with Crippen LogP contribution in [0.25, 0.3) is 0 Å². The maximum atomic E-state index is 11.2. The van der Waals surface area contributed by atoms with Crippen LogP contribution in [0.5, 0.6) is 0 Å². The van der Waals surface area contributed by atoms with Gasteiger partial charge in [-0.05, 0) is 30.9 Å². The summed E-state index contributed by atoms with van der Waals surface area (Å²) >= 11 is 0. The molecule has 0 spiro atoms. The predicted molar refractivity (Wildman–Crippen MR) is 123 cm³/mol. The third-order valence-electron chi connectivity index (χ3n) is 5.70. The van der Waals surface area contributed by atoms with E-state index in [1.807, 2.05) is 24.3 Å². The highest BCUT2D eigenvalue weighted by Crippen LogP contribution is 2.36. The van der Waals surface area contributed by atoms with Crippen LogP contribution in [0.1, 0.15) is 30.2 Å². The van der Waals surface area contributed by atoms with Crippen LogP contribution in [-0.4, -0.2) is 65.3 Å². The van der Waals surface area contributed by atoms with Gasteiger partial charge < -0.3 is 19.8 Å². The normalized spacial score (nSPS) is 22.3. The molecule has 2 N–H and O–H groups in total. The Bertz CT molecular complexity index is 805. The molecule has 4 rings (SSSR count). The van der Waals surface area contributed by atoms with Crippen molar-refractivity contribution in [1.82, 2.24) is 20.3 Å². The van der Waals surface area contributed by atoms with E-state index in [1.54, 1.807) is 6.26 Å². The quantitative estimate of drug-likeness (QED) is 0.364. The number of benzene rings is 1. The summed E-state index contributed by atoms with van der Waals surface area (Å²) in [6.07, 6.45) is 3.27. The number of hydrogen-bond donors (Lipinski definition) is 2. The molecule has 1 fully saturated rings. The van der Waals surface area contributed by atoms with Gasteiger partial charge in [-0.3, -0.25) is 4.90 Å². The molecule has 0 amide bonds. The Labute approximate surface area is 189 Å². The zero-order chi connectivity index (χ0) is 19.4. The predicted octanol–water partition coefficient (Wildman–Crippen LogP) is 2.21. The van der Waals surface area contributed by atoms with Crippen molar-refractivity contribution in [2.24, 2.45) is 4.99 Å². The molecule has 0 bridgehead atoms. The van der Waals surface area contributed by atoms with Crippen molar-refractivity contribution in [3.63, 3.8) is 0 Å². The van der Waals surface area contributed by atoms with Gasteiger partial charge in [0.15, 0.2) is 5.96 Å². The standard InChI is InChI=1S/C21H29N5O2.HI/c1-2-22-20(23-16-21(27)9-7-17-5-3-4-6-19(17)21)26-12-10-25(11-13-26)15-18-8-14-28-24-18;/h3-6,8,14,27H,2,7,9-13,15-16H2,1H3,(H,22,23);1H. The van der Waals surface area contributed by atoms with Gasteiger partial charge >= 0.3 is 0 Å². The largest absolute Gasteiger partial charge is 0.383 e. The van der Waals surface area contributed by atoms with Crippen molar-refractivity contribution < 1.29 is 9.63 Å². The molecule has 1 aliphatic heterocycles. The number of aliphatic hydroxyl groups is 1. The number of aryl methyl sites for hydroxylation is 1. The number of aromatic nitrogens is 1. The van der Waals surface area contributed by atoms with E-state index in [2.05, 4.69) is 33.3 Å². The molecule has 1 aromatic carbocycles. The Morgan fingerprint density at radius 3 is 2.76 bits per heavy atom. The highest BCUT2D eigenvalue weighted by atomic mass is 127. The van der Waals surface area contributed by atoms with E-state index in [9.17, 15) is 5.11 Å². The van der Waals surface area contributed by atoms with Crippen molar-refractivity contribution >= 4 is 29.9 Å². The molecule has 2 heterocycles. The van der Waals surface area contributed by atoms with Gasteiger partial charge in [0.05, 0.1) is 12.2 Å². The average molecular weight is 511 g/mol. The van der Waals surface area contributed by atoms with Crippen molar-refractivity contribution in [1.29, 1.82) is 0 Å². The Morgan fingerprint density at radius 2 is 2.03 bits per heavy atom. The highest BCUT2D eigenvalue weighted by molar-refractivity contribution is 14.0. The Hall–Kier alpha value is -1.65. The third kappa shape index (κ3) is 5.10. The molecular weight excluding hydrogens is 481 g/mol. The molecule has 158 valence electrons. The number of halogens is 1. The van der Waals surface area contributed by atoms with E-state index in [4.69, 9.17) is 9.52 Å². The summed E-state index contributed by atoms with van der Waals surface area (Å²) in [5.74, 6) is 0.890. The van der Waals surface area contributed by atoms with Gasteiger partial charge in [0, 0.05) is 45.3 Å². The Balaban J connectivity index is 0.00000240. The van der Waals surface area contributed by atoms with Crippen LogP contribution in [0.3, 0.4) is 0 Å². The SMILES string of the molecule is CCNC(=NCC1(O)CCc2ccccc21)N1CCN(Cc2ccon2)CC1.I. The molecule has 1 saturated heterocycles. The number of nitrogens with zero attached hydrogens (tertiary/aromatic N) is 4. The van der Waals surface area contributed by atoms with E-state index in [1.165, 1.54) is 5.56 Å². The molecule has 1 aromatic heterocycles. The first kappa shape index (κ1) is 22.0. The lowest BCUT2D eigenvalue weighted by molar-refractivity contribution is 0.0481. The van der Waals surface area contributed by atoms with Crippen LogP contribution in [0, 0.1) is 0 Å². The Morgan fingerprint density at radius 1 is 1.24 bits per heavy atom. The van der Waals surface area contributed by atoms with Gasteiger partial charge in [-0.25, -0.2) is 4.99 Å². The summed E-state index contributed by atoms with van der Waals surface area (Å²) in [6, 6.07) is 10.1. The fraction of sp³-hybridized carbons (Fsp3) is 0.524. The van der Waals surface area contributed by atoms with Crippen LogP contribution < -0.4 is 5.32 Å². The summed E-state index contributed by atoms with van der Waals surface area (Å²) in [6.45, 7) is 7.80.